The summed E-state index contributed by atoms with van der Waals surface area (Å²) in [6.45, 7) is 5.07. The van der Waals surface area contributed by atoms with Gasteiger partial charge in [-0.3, -0.25) is 0 Å². The Hall–Kier alpha value is -1.47. The number of aromatic nitrogens is 3. The molecule has 7 heteroatoms. The second-order valence-corrected chi connectivity index (χ2v) is 2.97. The van der Waals surface area contributed by atoms with E-state index >= 15 is 0 Å². The average molecular weight is 229 g/mol. The van der Waals surface area contributed by atoms with Crippen LogP contribution in [0.1, 0.15) is 24.3 Å². The van der Waals surface area contributed by atoms with Gasteiger partial charge in [-0.2, -0.15) is 0 Å². The highest BCUT2D eigenvalue weighted by Gasteiger charge is 2.13. The smallest absolute Gasteiger partial charge is 0.358 e. The molecule has 0 aliphatic rings. The van der Waals surface area contributed by atoms with Crippen molar-refractivity contribution < 1.29 is 19.4 Å². The van der Waals surface area contributed by atoms with Crippen molar-refractivity contribution in [1.82, 2.24) is 15.0 Å². The van der Waals surface area contributed by atoms with Crippen molar-refractivity contribution in [2.75, 3.05) is 13.2 Å². The number of hydrogen-bond donors (Lipinski definition) is 1. The lowest BCUT2D eigenvalue weighted by Crippen LogP contribution is -2.24. The number of aromatic carboxylic acids is 1. The summed E-state index contributed by atoms with van der Waals surface area (Å²) >= 11 is 0. The van der Waals surface area contributed by atoms with Gasteiger partial charge in [0.2, 0.25) is 0 Å². The fourth-order valence-electron chi connectivity index (χ4n) is 1.16. The molecule has 0 bridgehead atoms. The molecule has 0 spiro atoms. The Labute approximate surface area is 93.0 Å². The highest BCUT2D eigenvalue weighted by Crippen LogP contribution is 2.00. The summed E-state index contributed by atoms with van der Waals surface area (Å²) in [5, 5.41) is 15.8. The first-order chi connectivity index (χ1) is 7.67. The van der Waals surface area contributed by atoms with Crippen molar-refractivity contribution in [2.24, 2.45) is 0 Å². The molecule has 1 aromatic heterocycles. The number of ether oxygens (including phenoxy) is 2. The molecular weight excluding hydrogens is 214 g/mol. The van der Waals surface area contributed by atoms with Crippen LogP contribution >= 0.6 is 0 Å². The molecule has 0 atom stereocenters. The minimum atomic E-state index is -1.10. The molecular formula is C9H15N3O4. The summed E-state index contributed by atoms with van der Waals surface area (Å²) in [7, 11) is 0. The highest BCUT2D eigenvalue weighted by atomic mass is 16.7. The minimum Gasteiger partial charge on any atom is -0.476 e. The predicted molar refractivity (Wildman–Crippen MR) is 54.0 cm³/mol. The molecule has 1 aromatic rings. The summed E-state index contributed by atoms with van der Waals surface area (Å²) in [5.41, 5.74) is -0.0910. The second-order valence-electron chi connectivity index (χ2n) is 2.97. The van der Waals surface area contributed by atoms with Gasteiger partial charge in [-0.15, -0.1) is 5.10 Å². The molecule has 0 amide bonds. The van der Waals surface area contributed by atoms with Crippen LogP contribution in [0.25, 0.3) is 0 Å². The number of nitrogens with zero attached hydrogens (tertiary/aromatic N) is 3. The Morgan fingerprint density at radius 1 is 1.50 bits per heavy atom. The quantitative estimate of drug-likeness (QED) is 0.680. The van der Waals surface area contributed by atoms with Gasteiger partial charge in [-0.05, 0) is 13.8 Å². The summed E-state index contributed by atoms with van der Waals surface area (Å²) in [4.78, 5) is 10.6. The summed E-state index contributed by atoms with van der Waals surface area (Å²) in [6, 6.07) is 0. The van der Waals surface area contributed by atoms with Crippen LogP contribution in [0.4, 0.5) is 0 Å². The first-order valence-corrected chi connectivity index (χ1v) is 5.04. The molecule has 1 N–H and O–H groups in total. The maximum absolute atomic E-state index is 10.6. The van der Waals surface area contributed by atoms with Crippen LogP contribution in [-0.4, -0.2) is 45.6 Å². The Balaban J connectivity index is 2.58. The van der Waals surface area contributed by atoms with E-state index in [-0.39, 0.29) is 5.69 Å². The van der Waals surface area contributed by atoms with Gasteiger partial charge >= 0.3 is 5.97 Å². The molecule has 0 aliphatic heterocycles. The zero-order valence-electron chi connectivity index (χ0n) is 9.29. The molecule has 1 heterocycles. The highest BCUT2D eigenvalue weighted by molar-refractivity contribution is 5.84. The lowest BCUT2D eigenvalue weighted by Gasteiger charge is -2.15. The van der Waals surface area contributed by atoms with E-state index in [0.29, 0.717) is 19.8 Å². The van der Waals surface area contributed by atoms with E-state index in [9.17, 15) is 4.79 Å². The molecule has 0 saturated heterocycles. The van der Waals surface area contributed by atoms with E-state index < -0.39 is 12.3 Å². The third-order valence-electron chi connectivity index (χ3n) is 1.80. The van der Waals surface area contributed by atoms with Gasteiger partial charge < -0.3 is 14.6 Å². The number of rotatable bonds is 7. The Morgan fingerprint density at radius 3 is 2.56 bits per heavy atom. The second kappa shape index (κ2) is 6.19. The Morgan fingerprint density at radius 2 is 2.12 bits per heavy atom. The maximum Gasteiger partial charge on any atom is 0.358 e. The first-order valence-electron chi connectivity index (χ1n) is 5.04. The molecule has 90 valence electrons. The first kappa shape index (κ1) is 12.6. The van der Waals surface area contributed by atoms with Crippen LogP contribution < -0.4 is 0 Å². The van der Waals surface area contributed by atoms with E-state index in [1.165, 1.54) is 10.9 Å². The van der Waals surface area contributed by atoms with Gasteiger partial charge in [0.05, 0.1) is 12.7 Å². The predicted octanol–water partition coefficient (Wildman–Crippen LogP) is 0.375. The zero-order valence-corrected chi connectivity index (χ0v) is 9.29. The summed E-state index contributed by atoms with van der Waals surface area (Å²) < 4.78 is 12.0. The topological polar surface area (TPSA) is 86.5 Å². The lowest BCUT2D eigenvalue weighted by atomic mass is 10.5. The average Bonchev–Trinajstić information content (AvgIpc) is 2.67. The van der Waals surface area contributed by atoms with Crippen molar-refractivity contribution in [3.05, 3.63) is 11.9 Å². The van der Waals surface area contributed by atoms with Crippen LogP contribution in [-0.2, 0) is 16.0 Å². The number of carboxylic acid groups (broad SMARTS) is 1. The van der Waals surface area contributed by atoms with Gasteiger partial charge in [0.25, 0.3) is 0 Å². The summed E-state index contributed by atoms with van der Waals surface area (Å²) in [5.74, 6) is -1.10. The van der Waals surface area contributed by atoms with E-state index in [2.05, 4.69) is 10.3 Å². The number of carboxylic acids is 1. The van der Waals surface area contributed by atoms with E-state index in [1.807, 2.05) is 13.8 Å². The van der Waals surface area contributed by atoms with Crippen LogP contribution in [0.2, 0.25) is 0 Å². The fourth-order valence-corrected chi connectivity index (χ4v) is 1.16. The summed E-state index contributed by atoms with van der Waals surface area (Å²) in [6.07, 6.45) is 0.909. The minimum absolute atomic E-state index is 0.0910. The third kappa shape index (κ3) is 3.59. The molecule has 7 nitrogen and oxygen atoms in total. The molecule has 1 rings (SSSR count). The monoisotopic (exact) mass is 229 g/mol. The number of carbonyl (C=O) groups is 1. The van der Waals surface area contributed by atoms with Gasteiger partial charge in [-0.1, -0.05) is 5.21 Å². The van der Waals surface area contributed by atoms with Gasteiger partial charge in [-0.25, -0.2) is 9.48 Å². The maximum atomic E-state index is 10.6. The molecule has 0 saturated carbocycles. The molecule has 0 radical (unpaired) electrons. The standard InChI is InChI=1S/C9H15N3O4/c1-3-15-8(16-4-2)6-12-5-7(9(13)14)10-11-12/h5,8H,3-4,6H2,1-2H3,(H,13,14). The van der Waals surface area contributed by atoms with E-state index in [1.54, 1.807) is 0 Å². The third-order valence-corrected chi connectivity index (χ3v) is 1.80. The lowest BCUT2D eigenvalue weighted by molar-refractivity contribution is -0.145. The van der Waals surface area contributed by atoms with Crippen LogP contribution in [0.15, 0.2) is 6.20 Å². The van der Waals surface area contributed by atoms with Crippen molar-refractivity contribution >= 4 is 5.97 Å². The largest absolute Gasteiger partial charge is 0.476 e. The van der Waals surface area contributed by atoms with Crippen molar-refractivity contribution in [3.63, 3.8) is 0 Å². The van der Waals surface area contributed by atoms with Crippen LogP contribution in [0.5, 0.6) is 0 Å². The molecule has 0 fully saturated rings. The zero-order chi connectivity index (χ0) is 12.0. The Bertz CT molecular complexity index is 333. The van der Waals surface area contributed by atoms with E-state index in [0.717, 1.165) is 0 Å². The van der Waals surface area contributed by atoms with Crippen molar-refractivity contribution in [2.45, 2.75) is 26.7 Å². The number of hydrogen-bond acceptors (Lipinski definition) is 5. The molecule has 0 unspecified atom stereocenters. The van der Waals surface area contributed by atoms with Crippen molar-refractivity contribution in [1.29, 1.82) is 0 Å². The molecule has 0 aromatic carbocycles. The molecule has 16 heavy (non-hydrogen) atoms. The normalized spacial score (nSPS) is 10.9. The van der Waals surface area contributed by atoms with E-state index in [4.69, 9.17) is 14.6 Å². The fraction of sp³-hybridized carbons (Fsp3) is 0.667. The van der Waals surface area contributed by atoms with Crippen LogP contribution in [0.3, 0.4) is 0 Å². The Kier molecular flexibility index (Phi) is 4.87. The van der Waals surface area contributed by atoms with Crippen LogP contribution in [0, 0.1) is 0 Å². The molecule has 0 aliphatic carbocycles. The van der Waals surface area contributed by atoms with Gasteiger partial charge in [0.1, 0.15) is 0 Å². The van der Waals surface area contributed by atoms with Gasteiger partial charge in [0, 0.05) is 13.2 Å². The van der Waals surface area contributed by atoms with Gasteiger partial charge in [0.15, 0.2) is 12.0 Å². The SMILES string of the molecule is CCOC(Cn1cc(C(=O)O)nn1)OCC. The van der Waals surface area contributed by atoms with Crippen molar-refractivity contribution in [3.8, 4) is 0 Å².